The second-order valence-electron chi connectivity index (χ2n) is 3.06. The van der Waals surface area contributed by atoms with E-state index in [-0.39, 0.29) is 0 Å². The molecule has 0 bridgehead atoms. The number of nitrogens with zero attached hydrogens (tertiary/aromatic N) is 3. The first-order valence-corrected chi connectivity index (χ1v) is 5.31. The SMILES string of the molecule is Cc1cc(N=Nc2nccs2)ccc1N. The van der Waals surface area contributed by atoms with Crippen molar-refractivity contribution in [1.29, 1.82) is 0 Å². The summed E-state index contributed by atoms with van der Waals surface area (Å²) in [5.41, 5.74) is 8.26. The van der Waals surface area contributed by atoms with Crippen LogP contribution in [0.5, 0.6) is 0 Å². The molecule has 2 N–H and O–H groups in total. The van der Waals surface area contributed by atoms with Crippen molar-refractivity contribution < 1.29 is 0 Å². The summed E-state index contributed by atoms with van der Waals surface area (Å²) >= 11 is 1.45. The first-order chi connectivity index (χ1) is 7.25. The van der Waals surface area contributed by atoms with E-state index in [4.69, 9.17) is 5.73 Å². The molecule has 0 radical (unpaired) electrons. The second-order valence-corrected chi connectivity index (χ2v) is 3.93. The van der Waals surface area contributed by atoms with Crippen LogP contribution in [0.4, 0.5) is 16.5 Å². The maximum Gasteiger partial charge on any atom is 0.229 e. The van der Waals surface area contributed by atoms with Crippen LogP contribution >= 0.6 is 11.3 Å². The number of thiazole rings is 1. The van der Waals surface area contributed by atoms with Crippen molar-refractivity contribution in [1.82, 2.24) is 4.98 Å². The van der Waals surface area contributed by atoms with E-state index in [1.165, 1.54) is 11.3 Å². The van der Waals surface area contributed by atoms with Crippen LogP contribution < -0.4 is 5.73 Å². The Morgan fingerprint density at radius 1 is 1.33 bits per heavy atom. The van der Waals surface area contributed by atoms with E-state index in [0.717, 1.165) is 16.9 Å². The molecule has 1 heterocycles. The zero-order valence-corrected chi connectivity index (χ0v) is 9.03. The van der Waals surface area contributed by atoms with Gasteiger partial charge in [0.2, 0.25) is 5.13 Å². The number of hydrogen-bond donors (Lipinski definition) is 1. The van der Waals surface area contributed by atoms with Gasteiger partial charge in [-0.25, -0.2) is 4.98 Å². The lowest BCUT2D eigenvalue weighted by atomic mass is 10.2. The highest BCUT2D eigenvalue weighted by Gasteiger charge is 1.95. The Labute approximate surface area is 91.5 Å². The molecule has 1 aromatic heterocycles. The molecule has 2 aromatic rings. The minimum atomic E-state index is 0.657. The molecular weight excluding hydrogens is 208 g/mol. The summed E-state index contributed by atoms with van der Waals surface area (Å²) in [7, 11) is 0. The minimum Gasteiger partial charge on any atom is -0.399 e. The summed E-state index contributed by atoms with van der Waals surface area (Å²) in [6, 6.07) is 5.55. The van der Waals surface area contributed by atoms with Crippen LogP contribution in [0, 0.1) is 6.92 Å². The molecule has 1 aromatic carbocycles. The van der Waals surface area contributed by atoms with Gasteiger partial charge in [0.15, 0.2) is 0 Å². The van der Waals surface area contributed by atoms with E-state index in [2.05, 4.69) is 15.2 Å². The predicted molar refractivity (Wildman–Crippen MR) is 61.9 cm³/mol. The third-order valence-corrected chi connectivity index (χ3v) is 2.58. The van der Waals surface area contributed by atoms with Crippen LogP contribution in [-0.2, 0) is 0 Å². The van der Waals surface area contributed by atoms with Crippen molar-refractivity contribution in [3.63, 3.8) is 0 Å². The van der Waals surface area contributed by atoms with Gasteiger partial charge >= 0.3 is 0 Å². The van der Waals surface area contributed by atoms with Gasteiger partial charge in [0.05, 0.1) is 5.69 Å². The van der Waals surface area contributed by atoms with Crippen LogP contribution in [0.25, 0.3) is 0 Å². The zero-order chi connectivity index (χ0) is 10.7. The molecule has 2 rings (SSSR count). The molecule has 0 spiro atoms. The first kappa shape index (κ1) is 9.79. The summed E-state index contributed by atoms with van der Waals surface area (Å²) in [5.74, 6) is 0. The monoisotopic (exact) mass is 218 g/mol. The first-order valence-electron chi connectivity index (χ1n) is 4.43. The average molecular weight is 218 g/mol. The third-order valence-electron chi connectivity index (χ3n) is 1.92. The van der Waals surface area contributed by atoms with Crippen molar-refractivity contribution in [2.45, 2.75) is 6.92 Å². The molecule has 5 heteroatoms. The van der Waals surface area contributed by atoms with E-state index >= 15 is 0 Å². The number of azo groups is 1. The predicted octanol–water partition coefficient (Wildman–Crippen LogP) is 3.45. The van der Waals surface area contributed by atoms with E-state index in [1.807, 2.05) is 30.5 Å². The standard InChI is InChI=1S/C10H10N4S/c1-7-6-8(2-3-9(7)11)13-14-10-12-4-5-15-10/h2-6H,11H2,1H3. The molecule has 0 atom stereocenters. The number of aryl methyl sites for hydroxylation is 1. The fraction of sp³-hybridized carbons (Fsp3) is 0.100. The van der Waals surface area contributed by atoms with Gasteiger partial charge in [-0.05, 0) is 30.7 Å². The quantitative estimate of drug-likeness (QED) is 0.619. The second kappa shape index (κ2) is 4.18. The lowest BCUT2D eigenvalue weighted by molar-refractivity contribution is 1.19. The summed E-state index contributed by atoms with van der Waals surface area (Å²) in [6.07, 6.45) is 1.70. The highest BCUT2D eigenvalue weighted by Crippen LogP contribution is 2.22. The fourth-order valence-corrected chi connectivity index (χ4v) is 1.54. The minimum absolute atomic E-state index is 0.657. The Bertz CT molecular complexity index is 476. The van der Waals surface area contributed by atoms with Crippen LogP contribution in [0.2, 0.25) is 0 Å². The van der Waals surface area contributed by atoms with Crippen molar-refractivity contribution in [3.8, 4) is 0 Å². The lowest BCUT2D eigenvalue weighted by Crippen LogP contribution is -1.86. The van der Waals surface area contributed by atoms with Crippen LogP contribution in [0.15, 0.2) is 40.0 Å². The van der Waals surface area contributed by atoms with E-state index in [1.54, 1.807) is 6.20 Å². The molecule has 0 amide bonds. The maximum atomic E-state index is 5.70. The molecule has 76 valence electrons. The Kier molecular flexibility index (Phi) is 2.73. The van der Waals surface area contributed by atoms with Gasteiger partial charge in [-0.2, -0.15) is 0 Å². The summed E-state index contributed by atoms with van der Waals surface area (Å²) < 4.78 is 0. The summed E-state index contributed by atoms with van der Waals surface area (Å²) in [6.45, 7) is 1.94. The van der Waals surface area contributed by atoms with Gasteiger partial charge < -0.3 is 5.73 Å². The summed E-state index contributed by atoms with van der Waals surface area (Å²) in [5, 5.41) is 10.6. The molecule has 0 saturated heterocycles. The van der Waals surface area contributed by atoms with E-state index in [0.29, 0.717) is 5.13 Å². The maximum absolute atomic E-state index is 5.70. The van der Waals surface area contributed by atoms with Gasteiger partial charge in [0, 0.05) is 17.3 Å². The molecule has 0 aliphatic rings. The fourth-order valence-electron chi connectivity index (χ4n) is 1.09. The Morgan fingerprint density at radius 2 is 2.20 bits per heavy atom. The zero-order valence-electron chi connectivity index (χ0n) is 8.21. The van der Waals surface area contributed by atoms with Gasteiger partial charge in [-0.3, -0.25) is 0 Å². The number of hydrogen-bond acceptors (Lipinski definition) is 5. The smallest absolute Gasteiger partial charge is 0.229 e. The highest BCUT2D eigenvalue weighted by atomic mass is 32.1. The van der Waals surface area contributed by atoms with Gasteiger partial charge in [0.25, 0.3) is 0 Å². The van der Waals surface area contributed by atoms with Crippen LogP contribution in [-0.4, -0.2) is 4.98 Å². The molecule has 15 heavy (non-hydrogen) atoms. The lowest BCUT2D eigenvalue weighted by Gasteiger charge is -1.98. The van der Waals surface area contributed by atoms with Gasteiger partial charge in [-0.1, -0.05) is 0 Å². The van der Waals surface area contributed by atoms with Crippen LogP contribution in [0.3, 0.4) is 0 Å². The Balaban J connectivity index is 2.21. The van der Waals surface area contributed by atoms with Gasteiger partial charge in [-0.15, -0.1) is 21.6 Å². The number of anilines is 1. The van der Waals surface area contributed by atoms with Crippen molar-refractivity contribution in [3.05, 3.63) is 35.3 Å². The van der Waals surface area contributed by atoms with Gasteiger partial charge in [0.1, 0.15) is 0 Å². The largest absolute Gasteiger partial charge is 0.399 e. The number of aromatic nitrogens is 1. The number of nitrogen functional groups attached to an aromatic ring is 1. The molecule has 0 saturated carbocycles. The van der Waals surface area contributed by atoms with Crippen molar-refractivity contribution >= 4 is 27.8 Å². The van der Waals surface area contributed by atoms with E-state index in [9.17, 15) is 0 Å². The Morgan fingerprint density at radius 3 is 2.87 bits per heavy atom. The molecule has 0 aliphatic heterocycles. The molecule has 0 aliphatic carbocycles. The third kappa shape index (κ3) is 2.38. The van der Waals surface area contributed by atoms with E-state index < -0.39 is 0 Å². The average Bonchev–Trinajstić information content (AvgIpc) is 2.73. The number of benzene rings is 1. The molecule has 0 unspecified atom stereocenters. The topological polar surface area (TPSA) is 63.6 Å². The van der Waals surface area contributed by atoms with Crippen molar-refractivity contribution in [2.24, 2.45) is 10.2 Å². The molecule has 4 nitrogen and oxygen atoms in total. The number of rotatable bonds is 2. The van der Waals surface area contributed by atoms with Crippen LogP contribution in [0.1, 0.15) is 5.56 Å². The van der Waals surface area contributed by atoms with Crippen molar-refractivity contribution in [2.75, 3.05) is 5.73 Å². The summed E-state index contributed by atoms with van der Waals surface area (Å²) in [4.78, 5) is 4.00. The number of nitrogens with two attached hydrogens (primary N) is 1. The Hall–Kier alpha value is -1.75. The highest BCUT2D eigenvalue weighted by molar-refractivity contribution is 7.13. The molecular formula is C10H10N4S. The molecule has 0 fully saturated rings. The normalized spacial score (nSPS) is 11.0.